The van der Waals surface area contributed by atoms with Gasteiger partial charge in [-0.3, -0.25) is 0 Å². The normalized spacial score (nSPS) is 11.6. The highest BCUT2D eigenvalue weighted by molar-refractivity contribution is 5.79. The molecule has 0 heterocycles. The van der Waals surface area contributed by atoms with Crippen molar-refractivity contribution in [1.82, 2.24) is 0 Å². The number of allylic oxidation sites excluding steroid dienone is 1. The molecule has 0 aromatic heterocycles. The molecule has 113 heavy (non-hydrogen) atoms. The van der Waals surface area contributed by atoms with Crippen LogP contribution in [0, 0.1) is 79.4 Å². The van der Waals surface area contributed by atoms with Gasteiger partial charge in [0, 0.05) is 0 Å². The van der Waals surface area contributed by atoms with Gasteiger partial charge in [0.1, 0.15) is 0 Å². The topological polar surface area (TPSA) is 0 Å². The molecule has 0 bridgehead atoms. The highest BCUT2D eigenvalue weighted by Crippen LogP contribution is 2.34. The molecular weight excluding hydrogens is 1360 g/mol. The average Bonchev–Trinajstić information content (AvgIpc) is 1.76. The van der Waals surface area contributed by atoms with Crippen LogP contribution < -0.4 is 0 Å². The molecule has 10 aromatic carbocycles. The maximum Gasteiger partial charge on any atom is -0.00879 e. The first kappa shape index (κ1) is 105. The minimum absolute atomic E-state index is 0. The molecule has 618 valence electrons. The van der Waals surface area contributed by atoms with Gasteiger partial charge in [-0.15, -0.1) is 0 Å². The number of rotatable bonds is 10. The Morgan fingerprint density at radius 2 is 0.558 bits per heavy atom. The molecule has 0 fully saturated rings. The van der Waals surface area contributed by atoms with Crippen molar-refractivity contribution in [3.05, 3.63) is 326 Å². The summed E-state index contributed by atoms with van der Waals surface area (Å²) in [6, 6.07) is 83.9. The zero-order chi connectivity index (χ0) is 80.6. The van der Waals surface area contributed by atoms with E-state index in [0.29, 0.717) is 37.9 Å². The van der Waals surface area contributed by atoms with Crippen molar-refractivity contribution < 1.29 is 0 Å². The average molecular weight is 1520 g/mol. The van der Waals surface area contributed by atoms with Crippen LogP contribution in [0.25, 0.3) is 39.5 Å². The maximum atomic E-state index is 2.31. The fourth-order valence-corrected chi connectivity index (χ4v) is 13.5. The molecule has 0 N–H and O–H groups in total. The summed E-state index contributed by atoms with van der Waals surface area (Å²) in [6.07, 6.45) is 13.6. The van der Waals surface area contributed by atoms with Gasteiger partial charge in [0.05, 0.1) is 0 Å². The molecule has 11 rings (SSSR count). The van der Waals surface area contributed by atoms with Crippen LogP contribution in [-0.4, -0.2) is 0 Å². The highest BCUT2D eigenvalue weighted by Gasteiger charge is 2.19. The van der Waals surface area contributed by atoms with Gasteiger partial charge < -0.3 is 0 Å². The molecule has 1 aliphatic carbocycles. The smallest absolute Gasteiger partial charge is 0.00879 e. The molecule has 0 aliphatic heterocycles. The molecule has 0 atom stereocenters. The quantitative estimate of drug-likeness (QED) is 0.128. The van der Waals surface area contributed by atoms with Crippen molar-refractivity contribution in [2.45, 2.75) is 302 Å². The van der Waals surface area contributed by atoms with E-state index >= 15 is 0 Å². The summed E-state index contributed by atoms with van der Waals surface area (Å²) in [7, 11) is 0. The van der Waals surface area contributed by atoms with Crippen LogP contribution in [-0.2, 0) is 56.8 Å². The molecular formula is C113H166. The third-order valence-electron chi connectivity index (χ3n) is 18.8. The third kappa shape index (κ3) is 42.2. The summed E-state index contributed by atoms with van der Waals surface area (Å²) in [6.45, 7) is 67.7. The SMILES string of the molecule is C.C.C.C.C.CC(C)(C)Cc1ccc(-c2cccc3c2C=CC3)cc1.CC(C)(C)Cc1ccc(-c2ccccc2)cc1.CC(C)(C)Cc1ccc(C(C)(C)C)cc1.CC(C)(C)Cc1cccc(-c2ccccc2)c1.Cc1ccc(C)c(CC(C)(C)C)c1.Cc1ccc(CC(C)(C)C)cc1C.Cc1ccc(CC(C)(C)C)cc1C. The third-order valence-corrected chi connectivity index (χ3v) is 18.8. The first-order valence-electron chi connectivity index (χ1n) is 40.4. The standard InChI is InChI=1S/C20H22.2C17H20.C15H24.3C13H20.5CH4/c1-20(2,3)14-15-10-12-17(13-11-15)19-9-5-7-16-6-4-8-18(16)19;1-17(2,3)13-14-8-7-11-16(12-14)15-9-5-4-6-10-15;1-17(2,3)13-14-9-11-16(12-10-14)15-7-5-4-6-8-15;1-14(2,3)11-12-7-9-13(10-8-12)15(4,5)6;2*1-10-6-7-12(8-11(10)2)9-13(3,4)5;1-10-6-7-11(2)12(8-10)9-13(3,4)5;;;;;/h4-5,7-13H,6,14H2,1-3H3;2*4-12H,13H2,1-3H3;7-10H,11H2,1-6H3;3*6-8H,9H2,1-5H3;5*1H4. The molecule has 0 heteroatoms. The molecule has 0 spiro atoms. The number of hydrogen-bond donors (Lipinski definition) is 0. The second kappa shape index (κ2) is 46.5. The Balaban J connectivity index is 0.00000129. The summed E-state index contributed by atoms with van der Waals surface area (Å²) in [5, 5.41) is 0. The van der Waals surface area contributed by atoms with Crippen LogP contribution in [0.2, 0.25) is 0 Å². The van der Waals surface area contributed by atoms with Crippen LogP contribution in [0.15, 0.2) is 237 Å². The Bertz CT molecular complexity index is 4250. The molecule has 0 amide bonds. The van der Waals surface area contributed by atoms with E-state index in [1.54, 1.807) is 0 Å². The molecule has 0 nitrogen and oxygen atoms in total. The first-order valence-corrected chi connectivity index (χ1v) is 40.4. The Morgan fingerprint density at radius 1 is 0.239 bits per heavy atom. The van der Waals surface area contributed by atoms with E-state index in [-0.39, 0.29) is 42.5 Å². The van der Waals surface area contributed by atoms with Crippen molar-refractivity contribution >= 4 is 6.08 Å². The highest BCUT2D eigenvalue weighted by atomic mass is 14.2. The minimum atomic E-state index is 0. The summed E-state index contributed by atoms with van der Waals surface area (Å²) in [4.78, 5) is 0. The van der Waals surface area contributed by atoms with Gasteiger partial charge in [-0.05, 0) is 253 Å². The van der Waals surface area contributed by atoms with Gasteiger partial charge in [-0.1, -0.05) is 452 Å². The molecule has 0 radical (unpaired) electrons. The minimum Gasteiger partial charge on any atom is -0.0795 e. The van der Waals surface area contributed by atoms with Crippen LogP contribution in [0.1, 0.15) is 292 Å². The molecule has 0 saturated carbocycles. The van der Waals surface area contributed by atoms with E-state index < -0.39 is 0 Å². The molecule has 0 unspecified atom stereocenters. The first-order chi connectivity index (χ1) is 49.9. The Morgan fingerprint density at radius 3 is 0.938 bits per heavy atom. The van der Waals surface area contributed by atoms with Gasteiger partial charge >= 0.3 is 0 Å². The second-order valence-electron chi connectivity index (χ2n) is 40.7. The van der Waals surface area contributed by atoms with E-state index in [1.807, 2.05) is 0 Å². The summed E-state index contributed by atoms with van der Waals surface area (Å²) in [5.74, 6) is 0. The largest absolute Gasteiger partial charge is 0.0795 e. The number of aryl methyl sites for hydroxylation is 6. The van der Waals surface area contributed by atoms with Gasteiger partial charge in [0.2, 0.25) is 0 Å². The van der Waals surface area contributed by atoms with Crippen molar-refractivity contribution in [3.8, 4) is 33.4 Å². The van der Waals surface area contributed by atoms with Gasteiger partial charge in [-0.2, -0.15) is 0 Å². The van der Waals surface area contributed by atoms with Crippen molar-refractivity contribution in [2.75, 3.05) is 0 Å². The fourth-order valence-electron chi connectivity index (χ4n) is 13.5. The molecule has 1 aliphatic rings. The van der Waals surface area contributed by atoms with Gasteiger partial charge in [0.25, 0.3) is 0 Å². The maximum absolute atomic E-state index is 2.31. The Labute approximate surface area is 700 Å². The predicted molar refractivity (Wildman–Crippen MR) is 517 cm³/mol. The number of hydrogen-bond acceptors (Lipinski definition) is 0. The van der Waals surface area contributed by atoms with E-state index in [4.69, 9.17) is 0 Å². The molecule has 0 saturated heterocycles. The monoisotopic (exact) mass is 1520 g/mol. The zero-order valence-electron chi connectivity index (χ0n) is 73.8. The van der Waals surface area contributed by atoms with E-state index in [0.717, 1.165) is 44.9 Å². The van der Waals surface area contributed by atoms with Gasteiger partial charge in [0.15, 0.2) is 0 Å². The zero-order valence-corrected chi connectivity index (χ0v) is 73.8. The summed E-state index contributed by atoms with van der Waals surface area (Å²) < 4.78 is 0. The number of fused-ring (bicyclic) bond motifs is 1. The summed E-state index contributed by atoms with van der Waals surface area (Å²) in [5.41, 5.74) is 33.4. The summed E-state index contributed by atoms with van der Waals surface area (Å²) >= 11 is 0. The van der Waals surface area contributed by atoms with Crippen molar-refractivity contribution in [2.24, 2.45) is 37.9 Å². The van der Waals surface area contributed by atoms with Crippen molar-refractivity contribution in [1.29, 1.82) is 0 Å². The Hall–Kier alpha value is -8.06. The van der Waals surface area contributed by atoms with E-state index in [9.17, 15) is 0 Å². The van der Waals surface area contributed by atoms with Crippen LogP contribution in [0.3, 0.4) is 0 Å². The number of benzene rings is 10. The lowest BCUT2D eigenvalue weighted by Crippen LogP contribution is -2.12. The lowest BCUT2D eigenvalue weighted by Gasteiger charge is -2.21. The van der Waals surface area contributed by atoms with Crippen LogP contribution in [0.5, 0.6) is 0 Å². The lowest BCUT2D eigenvalue weighted by atomic mass is 9.84. The van der Waals surface area contributed by atoms with Crippen LogP contribution >= 0.6 is 0 Å². The van der Waals surface area contributed by atoms with Gasteiger partial charge in [-0.25, -0.2) is 0 Å². The fraction of sp³-hybridized carbons (Fsp3) is 0.451. The second-order valence-corrected chi connectivity index (χ2v) is 40.7. The van der Waals surface area contributed by atoms with E-state index in [2.05, 4.69) is 450 Å². The predicted octanol–water partition coefficient (Wildman–Crippen LogP) is 34.8. The van der Waals surface area contributed by atoms with E-state index in [1.165, 1.54) is 129 Å². The van der Waals surface area contributed by atoms with Crippen molar-refractivity contribution in [3.63, 3.8) is 0 Å². The van der Waals surface area contributed by atoms with Crippen LogP contribution in [0.4, 0.5) is 0 Å². The molecule has 10 aromatic rings. The Kier molecular flexibility index (Phi) is 43.2. The lowest BCUT2D eigenvalue weighted by molar-refractivity contribution is 0.410.